The molecule has 0 saturated carbocycles. The second-order valence-electron chi connectivity index (χ2n) is 13.8. The molecule has 52 heavy (non-hydrogen) atoms. The lowest BCUT2D eigenvalue weighted by Gasteiger charge is -2.28. The summed E-state index contributed by atoms with van der Waals surface area (Å²) in [5, 5.41) is 2.20. The Kier molecular flexibility index (Phi) is 6.97. The van der Waals surface area contributed by atoms with Gasteiger partial charge in [-0.25, -0.2) is 0 Å². The molecule has 0 radical (unpaired) electrons. The summed E-state index contributed by atoms with van der Waals surface area (Å²) >= 11 is 0. The molecule has 0 atom stereocenters. The highest BCUT2D eigenvalue weighted by atomic mass is 16.3. The summed E-state index contributed by atoms with van der Waals surface area (Å²) in [5.74, 6) is 0. The van der Waals surface area contributed by atoms with E-state index in [-0.39, 0.29) is 5.41 Å². The minimum atomic E-state index is -0.295. The van der Waals surface area contributed by atoms with Crippen LogP contribution in [0, 0.1) is 0 Å². The zero-order chi connectivity index (χ0) is 34.6. The maximum Gasteiger partial charge on any atom is 0.137 e. The lowest BCUT2D eigenvalue weighted by Crippen LogP contribution is -2.22. The molecule has 0 bridgehead atoms. The van der Waals surface area contributed by atoms with Crippen LogP contribution in [0.5, 0.6) is 0 Å². The zero-order valence-corrected chi connectivity index (χ0v) is 28.8. The van der Waals surface area contributed by atoms with Crippen LogP contribution in [-0.2, 0) is 5.41 Å². The van der Waals surface area contributed by atoms with Crippen molar-refractivity contribution in [3.63, 3.8) is 0 Å². The van der Waals surface area contributed by atoms with Gasteiger partial charge in [-0.15, -0.1) is 0 Å². The molecule has 0 fully saturated rings. The van der Waals surface area contributed by atoms with Gasteiger partial charge in [0.05, 0.1) is 11.1 Å². The van der Waals surface area contributed by atoms with Crippen molar-refractivity contribution in [1.82, 2.24) is 0 Å². The summed E-state index contributed by atoms with van der Waals surface area (Å²) in [6.45, 7) is 2.35. The molecule has 2 heteroatoms. The Morgan fingerprint density at radius 2 is 0.923 bits per heavy atom. The van der Waals surface area contributed by atoms with Crippen molar-refractivity contribution >= 4 is 39.0 Å². The first-order valence-electron chi connectivity index (χ1n) is 17.9. The Bertz CT molecular complexity index is 2600. The molecule has 0 unspecified atom stereocenters. The second-order valence-corrected chi connectivity index (χ2v) is 13.8. The molecular formula is C50H35NO. The fourth-order valence-electron chi connectivity index (χ4n) is 8.36. The number of furan rings is 1. The Hall–Kier alpha value is -6.64. The van der Waals surface area contributed by atoms with Crippen LogP contribution in [0.15, 0.2) is 199 Å². The van der Waals surface area contributed by atoms with E-state index in [4.69, 9.17) is 4.42 Å². The molecule has 2 nitrogen and oxygen atoms in total. The van der Waals surface area contributed by atoms with E-state index in [9.17, 15) is 0 Å². The summed E-state index contributed by atoms with van der Waals surface area (Å²) in [7, 11) is 0. The van der Waals surface area contributed by atoms with Gasteiger partial charge in [0.25, 0.3) is 0 Å². The topological polar surface area (TPSA) is 16.4 Å². The predicted octanol–water partition coefficient (Wildman–Crippen LogP) is 13.7. The van der Waals surface area contributed by atoms with E-state index in [2.05, 4.69) is 206 Å². The third-order valence-corrected chi connectivity index (χ3v) is 11.0. The molecule has 8 aromatic carbocycles. The summed E-state index contributed by atoms with van der Waals surface area (Å²) in [5.41, 5.74) is 16.0. The van der Waals surface area contributed by atoms with Crippen LogP contribution in [0.3, 0.4) is 0 Å². The van der Waals surface area contributed by atoms with E-state index in [1.54, 1.807) is 0 Å². The van der Waals surface area contributed by atoms with E-state index in [1.807, 2.05) is 0 Å². The molecule has 9 aromatic rings. The Balaban J connectivity index is 1.13. The Morgan fingerprint density at radius 3 is 1.48 bits per heavy atom. The van der Waals surface area contributed by atoms with Crippen LogP contribution in [0.4, 0.5) is 17.1 Å². The number of nitrogens with zero attached hydrogens (tertiary/aromatic N) is 1. The summed E-state index contributed by atoms with van der Waals surface area (Å²) in [4.78, 5) is 2.36. The number of anilines is 3. The van der Waals surface area contributed by atoms with Gasteiger partial charge >= 0.3 is 0 Å². The lowest BCUT2D eigenvalue weighted by atomic mass is 9.74. The van der Waals surface area contributed by atoms with Gasteiger partial charge in [-0.2, -0.15) is 0 Å². The molecule has 1 aliphatic rings. The molecule has 1 aromatic heterocycles. The van der Waals surface area contributed by atoms with Crippen molar-refractivity contribution < 1.29 is 4.42 Å². The monoisotopic (exact) mass is 665 g/mol. The Morgan fingerprint density at radius 1 is 0.423 bits per heavy atom. The number of benzene rings is 8. The van der Waals surface area contributed by atoms with Crippen molar-refractivity contribution in [2.45, 2.75) is 12.3 Å². The minimum absolute atomic E-state index is 0.295. The maximum atomic E-state index is 6.76. The van der Waals surface area contributed by atoms with E-state index in [0.717, 1.165) is 39.0 Å². The van der Waals surface area contributed by atoms with Gasteiger partial charge in [0.15, 0.2) is 0 Å². The van der Waals surface area contributed by atoms with Gasteiger partial charge in [-0.3, -0.25) is 0 Å². The van der Waals surface area contributed by atoms with Gasteiger partial charge in [0, 0.05) is 22.2 Å². The molecule has 246 valence electrons. The zero-order valence-electron chi connectivity index (χ0n) is 28.8. The smallest absolute Gasteiger partial charge is 0.137 e. The molecule has 10 rings (SSSR count). The fourth-order valence-corrected chi connectivity index (χ4v) is 8.36. The van der Waals surface area contributed by atoms with E-state index >= 15 is 0 Å². The first-order valence-corrected chi connectivity index (χ1v) is 17.9. The Labute approximate surface area is 303 Å². The normalized spacial score (nSPS) is 12.9. The van der Waals surface area contributed by atoms with Gasteiger partial charge < -0.3 is 9.32 Å². The van der Waals surface area contributed by atoms with Crippen LogP contribution in [0.1, 0.15) is 23.6 Å². The summed E-state index contributed by atoms with van der Waals surface area (Å²) < 4.78 is 6.76. The molecule has 1 heterocycles. The molecule has 0 spiro atoms. The van der Waals surface area contributed by atoms with Crippen LogP contribution >= 0.6 is 0 Å². The van der Waals surface area contributed by atoms with Crippen molar-refractivity contribution in [1.29, 1.82) is 0 Å². The largest absolute Gasteiger partial charge is 0.456 e. The summed E-state index contributed by atoms with van der Waals surface area (Å²) in [6.07, 6.45) is 0. The van der Waals surface area contributed by atoms with Gasteiger partial charge in [-0.1, -0.05) is 152 Å². The van der Waals surface area contributed by atoms with Crippen LogP contribution in [0.25, 0.3) is 55.3 Å². The predicted molar refractivity (Wildman–Crippen MR) is 217 cm³/mol. The van der Waals surface area contributed by atoms with E-state index < -0.39 is 0 Å². The molecule has 1 aliphatic carbocycles. The number of hydrogen-bond acceptors (Lipinski definition) is 2. The number of fused-ring (bicyclic) bond motifs is 6. The van der Waals surface area contributed by atoms with Gasteiger partial charge in [-0.05, 0) is 99.5 Å². The highest BCUT2D eigenvalue weighted by Crippen LogP contribution is 2.53. The number of rotatable bonds is 6. The highest BCUT2D eigenvalue weighted by Gasteiger charge is 2.40. The minimum Gasteiger partial charge on any atom is -0.456 e. The molecule has 0 amide bonds. The first-order chi connectivity index (χ1) is 25.7. The molecule has 0 saturated heterocycles. The van der Waals surface area contributed by atoms with Crippen molar-refractivity contribution in [2.24, 2.45) is 0 Å². The average molecular weight is 666 g/mol. The SMILES string of the molecule is CC1(c2ccc3c(c2)oc2cccc(N(c4ccc(-c5ccccc5)cc4)c4ccc(-c5ccccc5)cc4)c23)c2ccccc2-c2ccccc21. The fraction of sp³-hybridized carbons (Fsp3) is 0.0400. The number of hydrogen-bond donors (Lipinski definition) is 0. The van der Waals surface area contributed by atoms with Crippen LogP contribution < -0.4 is 4.90 Å². The van der Waals surface area contributed by atoms with Gasteiger partial charge in [0.1, 0.15) is 11.2 Å². The van der Waals surface area contributed by atoms with Crippen molar-refractivity contribution in [3.05, 3.63) is 211 Å². The van der Waals surface area contributed by atoms with Crippen LogP contribution in [-0.4, -0.2) is 0 Å². The van der Waals surface area contributed by atoms with Crippen molar-refractivity contribution in [2.75, 3.05) is 4.90 Å². The van der Waals surface area contributed by atoms with E-state index in [1.165, 1.54) is 50.1 Å². The van der Waals surface area contributed by atoms with E-state index in [0.29, 0.717) is 0 Å². The van der Waals surface area contributed by atoms with Crippen LogP contribution in [0.2, 0.25) is 0 Å². The quantitative estimate of drug-likeness (QED) is 0.176. The first kappa shape index (κ1) is 30.2. The summed E-state index contributed by atoms with van der Waals surface area (Å²) in [6, 6.07) is 69.8. The third-order valence-electron chi connectivity index (χ3n) is 11.0. The second kappa shape index (κ2) is 12.0. The molecule has 0 aliphatic heterocycles. The molecular weight excluding hydrogens is 631 g/mol. The van der Waals surface area contributed by atoms with Crippen molar-refractivity contribution in [3.8, 4) is 33.4 Å². The standard InChI is InChI=1S/C50H35NO/c1-50(44-19-10-8-17-41(44)42-18-9-11-20-45(42)50)38-27-32-43-48(33-38)52-47-22-12-21-46(49(43)47)51(39-28-23-36(24-29-39)34-13-4-2-5-14-34)40-30-25-37(26-31-40)35-15-6-3-7-16-35/h2-33H,1H3. The highest BCUT2D eigenvalue weighted by molar-refractivity contribution is 6.13. The molecule has 0 N–H and O–H groups in total. The third kappa shape index (κ3) is 4.72. The maximum absolute atomic E-state index is 6.76. The average Bonchev–Trinajstić information content (AvgIpc) is 3.73. The lowest BCUT2D eigenvalue weighted by molar-refractivity contribution is 0.662. The van der Waals surface area contributed by atoms with Gasteiger partial charge in [0.2, 0.25) is 0 Å².